The Balaban J connectivity index is 1.52. The molecule has 0 aliphatic heterocycles. The highest BCUT2D eigenvalue weighted by atomic mass is 19.4. The first-order chi connectivity index (χ1) is 16.8. The monoisotopic (exact) mass is 487 g/mol. The van der Waals surface area contributed by atoms with Crippen molar-refractivity contribution in [3.8, 4) is 22.6 Å². The van der Waals surface area contributed by atoms with E-state index in [-0.39, 0.29) is 23.5 Å². The molecule has 1 aliphatic carbocycles. The van der Waals surface area contributed by atoms with Crippen LogP contribution in [-0.2, 0) is 12.6 Å². The zero-order valence-electron chi connectivity index (χ0n) is 19.6. The van der Waals surface area contributed by atoms with Crippen molar-refractivity contribution in [2.45, 2.75) is 58.0 Å². The predicted octanol–water partition coefficient (Wildman–Crippen LogP) is 9.39. The van der Waals surface area contributed by atoms with Crippen molar-refractivity contribution in [3.63, 3.8) is 0 Å². The molecule has 6 heteroatoms. The minimum absolute atomic E-state index is 0.0108. The lowest BCUT2D eigenvalue weighted by Gasteiger charge is -2.27. The highest BCUT2D eigenvalue weighted by Gasteiger charge is 2.30. The van der Waals surface area contributed by atoms with Crippen molar-refractivity contribution >= 4 is 0 Å². The van der Waals surface area contributed by atoms with Crippen molar-refractivity contribution in [1.29, 1.82) is 0 Å². The van der Waals surface area contributed by atoms with E-state index in [1.807, 2.05) is 0 Å². The number of hydrogen-bond donors (Lipinski definition) is 0. The molecule has 1 aliphatic rings. The van der Waals surface area contributed by atoms with Gasteiger partial charge >= 0.3 is 6.18 Å². The molecule has 0 N–H and O–H groups in total. The molecule has 0 heterocycles. The summed E-state index contributed by atoms with van der Waals surface area (Å²) in [7, 11) is 0. The van der Waals surface area contributed by atoms with Crippen LogP contribution in [0.5, 0.6) is 11.5 Å². The molecule has 0 saturated heterocycles. The third-order valence-electron chi connectivity index (χ3n) is 7.05. The first kappa shape index (κ1) is 25.2. The number of benzene rings is 3. The van der Waals surface area contributed by atoms with Gasteiger partial charge in [0.1, 0.15) is 11.6 Å². The van der Waals surface area contributed by atoms with Crippen molar-refractivity contribution in [1.82, 2.24) is 0 Å². The molecule has 0 atom stereocenters. The third kappa shape index (κ3) is 6.03. The first-order valence-corrected chi connectivity index (χ1v) is 12.1. The van der Waals surface area contributed by atoms with Crippen LogP contribution in [0.2, 0.25) is 0 Å². The predicted molar refractivity (Wildman–Crippen MR) is 126 cm³/mol. The molecule has 0 aromatic heterocycles. The second kappa shape index (κ2) is 10.8. The van der Waals surface area contributed by atoms with Gasteiger partial charge in [-0.2, -0.15) is 13.2 Å². The van der Waals surface area contributed by atoms with E-state index in [0.717, 1.165) is 43.4 Å². The maximum atomic E-state index is 15.3. The Morgan fingerprint density at radius 2 is 1.57 bits per heavy atom. The molecule has 0 amide bonds. The van der Waals surface area contributed by atoms with Gasteiger partial charge in [0.05, 0.1) is 5.56 Å². The van der Waals surface area contributed by atoms with Crippen molar-refractivity contribution in [2.75, 3.05) is 0 Å². The number of hydrogen-bond acceptors (Lipinski definition) is 1. The SMILES string of the molecule is CC[C@H]1CC[C@H](CCc2c(F)c[c]c(Oc3ccccc3-c3ccc(C(F)(F)F)cc3)c2F)CC1. The number of ether oxygens (including phenoxy) is 1. The van der Waals surface area contributed by atoms with Gasteiger partial charge in [0, 0.05) is 17.2 Å². The van der Waals surface area contributed by atoms with Crippen LogP contribution in [0.15, 0.2) is 54.6 Å². The normalized spacial score (nSPS) is 18.5. The van der Waals surface area contributed by atoms with E-state index in [0.29, 0.717) is 17.0 Å². The van der Waals surface area contributed by atoms with Crippen LogP contribution in [0.3, 0.4) is 0 Å². The maximum Gasteiger partial charge on any atom is 0.416 e. The maximum absolute atomic E-state index is 15.3. The lowest BCUT2D eigenvalue weighted by molar-refractivity contribution is -0.137. The van der Waals surface area contributed by atoms with Crippen molar-refractivity contribution in [3.05, 3.63) is 83.4 Å². The largest absolute Gasteiger partial charge is 0.453 e. The lowest BCUT2D eigenvalue weighted by Crippen LogP contribution is -2.15. The Kier molecular flexibility index (Phi) is 7.78. The lowest BCUT2D eigenvalue weighted by atomic mass is 9.78. The molecule has 185 valence electrons. The van der Waals surface area contributed by atoms with E-state index in [9.17, 15) is 17.6 Å². The Labute approximate surface area is 202 Å². The third-order valence-corrected chi connectivity index (χ3v) is 7.05. The molecule has 0 bridgehead atoms. The van der Waals surface area contributed by atoms with Crippen molar-refractivity contribution < 1.29 is 26.7 Å². The fraction of sp³-hybridized carbons (Fsp3) is 0.379. The van der Waals surface area contributed by atoms with Gasteiger partial charge < -0.3 is 4.74 Å². The average molecular weight is 488 g/mol. The molecular weight excluding hydrogens is 459 g/mol. The molecular formula is C29H28F5O. The van der Waals surface area contributed by atoms with E-state index < -0.39 is 23.4 Å². The van der Waals surface area contributed by atoms with Crippen LogP contribution in [0.4, 0.5) is 22.0 Å². The highest BCUT2D eigenvalue weighted by molar-refractivity contribution is 5.71. The molecule has 4 rings (SSSR count). The summed E-state index contributed by atoms with van der Waals surface area (Å²) in [5, 5.41) is 0. The summed E-state index contributed by atoms with van der Waals surface area (Å²) in [5.74, 6) is -0.183. The van der Waals surface area contributed by atoms with E-state index in [4.69, 9.17) is 4.74 Å². The molecule has 1 fully saturated rings. The Bertz CT molecular complexity index is 1130. The second-order valence-electron chi connectivity index (χ2n) is 9.27. The minimum Gasteiger partial charge on any atom is -0.453 e. The first-order valence-electron chi connectivity index (χ1n) is 12.1. The zero-order chi connectivity index (χ0) is 25.0. The molecule has 3 aromatic rings. The zero-order valence-corrected chi connectivity index (χ0v) is 19.6. The van der Waals surface area contributed by atoms with Crippen LogP contribution >= 0.6 is 0 Å². The standard InChI is InChI=1S/C29H28F5O/c1-2-19-7-9-20(10-8-19)11-16-24-25(30)17-18-27(28(24)31)35-26-6-4-3-5-23(26)21-12-14-22(15-13-21)29(32,33)34/h3-6,12-15,17,19-20H,2,7-11,16H2,1H3/t19-,20-. The summed E-state index contributed by atoms with van der Waals surface area (Å²) in [6, 6.07) is 14.9. The van der Waals surface area contributed by atoms with E-state index in [2.05, 4.69) is 13.0 Å². The summed E-state index contributed by atoms with van der Waals surface area (Å²) < 4.78 is 74.3. The quantitative estimate of drug-likeness (QED) is 0.302. The average Bonchev–Trinajstić information content (AvgIpc) is 2.86. The topological polar surface area (TPSA) is 9.23 Å². The van der Waals surface area contributed by atoms with Gasteiger partial charge in [-0.1, -0.05) is 69.4 Å². The van der Waals surface area contributed by atoms with Crippen LogP contribution in [0.25, 0.3) is 11.1 Å². The van der Waals surface area contributed by atoms with Gasteiger partial charge in [-0.25, -0.2) is 8.78 Å². The molecule has 1 saturated carbocycles. The van der Waals surface area contributed by atoms with E-state index in [1.54, 1.807) is 24.3 Å². The van der Waals surface area contributed by atoms with Crippen LogP contribution < -0.4 is 4.74 Å². The Hall–Kier alpha value is -2.89. The number of halogens is 5. The fourth-order valence-electron chi connectivity index (χ4n) is 4.84. The van der Waals surface area contributed by atoms with Gasteiger partial charge in [0.15, 0.2) is 11.6 Å². The van der Waals surface area contributed by atoms with Crippen LogP contribution in [0, 0.1) is 29.5 Å². The molecule has 3 aromatic carbocycles. The minimum atomic E-state index is -4.44. The summed E-state index contributed by atoms with van der Waals surface area (Å²) in [6.07, 6.45) is 2.26. The molecule has 1 radical (unpaired) electrons. The number of alkyl halides is 3. The molecule has 0 spiro atoms. The van der Waals surface area contributed by atoms with E-state index in [1.165, 1.54) is 31.4 Å². The summed E-state index contributed by atoms with van der Waals surface area (Å²) >= 11 is 0. The van der Waals surface area contributed by atoms with Gasteiger partial charge in [-0.05, 0) is 54.5 Å². The van der Waals surface area contributed by atoms with Crippen LogP contribution in [-0.4, -0.2) is 0 Å². The highest BCUT2D eigenvalue weighted by Crippen LogP contribution is 2.38. The molecule has 35 heavy (non-hydrogen) atoms. The van der Waals surface area contributed by atoms with Crippen molar-refractivity contribution in [2.24, 2.45) is 11.8 Å². The number of rotatable bonds is 7. The van der Waals surface area contributed by atoms with Gasteiger partial charge in [-0.3, -0.25) is 0 Å². The molecule has 0 unspecified atom stereocenters. The van der Waals surface area contributed by atoms with Gasteiger partial charge in [0.25, 0.3) is 0 Å². The summed E-state index contributed by atoms with van der Waals surface area (Å²) in [6.45, 7) is 2.20. The Morgan fingerprint density at radius 3 is 2.23 bits per heavy atom. The summed E-state index contributed by atoms with van der Waals surface area (Å²) in [4.78, 5) is 0. The fourth-order valence-corrected chi connectivity index (χ4v) is 4.84. The Morgan fingerprint density at radius 1 is 0.914 bits per heavy atom. The van der Waals surface area contributed by atoms with Gasteiger partial charge in [0.2, 0.25) is 0 Å². The number of para-hydroxylation sites is 1. The molecule has 1 nitrogen and oxygen atoms in total. The smallest absolute Gasteiger partial charge is 0.416 e. The summed E-state index contributed by atoms with van der Waals surface area (Å²) in [5.41, 5.74) is 0.209. The van der Waals surface area contributed by atoms with Crippen LogP contribution in [0.1, 0.15) is 56.6 Å². The van der Waals surface area contributed by atoms with Gasteiger partial charge in [-0.15, -0.1) is 0 Å². The van der Waals surface area contributed by atoms with E-state index >= 15 is 4.39 Å². The second-order valence-corrected chi connectivity index (χ2v) is 9.27.